The first-order valence-corrected chi connectivity index (χ1v) is 6.98. The van der Waals surface area contributed by atoms with Gasteiger partial charge in [0.1, 0.15) is 0 Å². The zero-order chi connectivity index (χ0) is 13.2. The van der Waals surface area contributed by atoms with Crippen LogP contribution >= 0.6 is 0 Å². The molecule has 1 saturated carbocycles. The minimum atomic E-state index is -0.365. The number of nitrogens with two attached hydrogens (primary N) is 1. The number of ether oxygens (including phenoxy) is 1. The fraction of sp³-hybridized carbons (Fsp3) is 0.833. The fourth-order valence-corrected chi connectivity index (χ4v) is 2.84. The van der Waals surface area contributed by atoms with E-state index in [-0.39, 0.29) is 12.1 Å². The quantitative estimate of drug-likeness (QED) is 0.794. The normalized spacial score (nSPS) is 28.6. The Labute approximate surface area is 112 Å². The van der Waals surface area contributed by atoms with Crippen LogP contribution in [0.1, 0.15) is 31.7 Å². The molecule has 1 aliphatic heterocycles. The van der Waals surface area contributed by atoms with Gasteiger partial charge in [-0.3, -0.25) is 0 Å². The van der Waals surface area contributed by atoms with Crippen LogP contribution in [-0.2, 0) is 4.74 Å². The zero-order valence-electron chi connectivity index (χ0n) is 11.0. The highest BCUT2D eigenvalue weighted by atomic mass is 16.5. The number of hydrogen-bond acceptors (Lipinski definition) is 6. The maximum absolute atomic E-state index is 10.1. The van der Waals surface area contributed by atoms with Crippen molar-refractivity contribution in [2.75, 3.05) is 36.9 Å². The number of hydrogen-bond donors (Lipinski definition) is 2. The first-order chi connectivity index (χ1) is 9.25. The Hall–Kier alpha value is -1.34. The maximum atomic E-state index is 10.1. The third-order valence-electron chi connectivity index (χ3n) is 3.95. The molecule has 0 bridgehead atoms. The summed E-state index contributed by atoms with van der Waals surface area (Å²) in [6, 6.07) is -0.0314. The predicted octanol–water partition coefficient (Wildman–Crippen LogP) is 0.173. The zero-order valence-corrected chi connectivity index (χ0v) is 11.0. The number of rotatable bonds is 2. The SMILES string of the molecule is Nc1nc(N2CCOCC2)nn1C1CCCCC1O. The number of morpholine rings is 1. The molecule has 2 aliphatic rings. The van der Waals surface area contributed by atoms with E-state index in [9.17, 15) is 5.11 Å². The molecule has 1 saturated heterocycles. The maximum Gasteiger partial charge on any atom is 0.246 e. The highest BCUT2D eigenvalue weighted by molar-refractivity contribution is 5.35. The molecule has 19 heavy (non-hydrogen) atoms. The second kappa shape index (κ2) is 5.34. The summed E-state index contributed by atoms with van der Waals surface area (Å²) in [5.74, 6) is 1.05. The fourth-order valence-electron chi connectivity index (χ4n) is 2.84. The summed E-state index contributed by atoms with van der Waals surface area (Å²) in [6.07, 6.45) is 3.54. The van der Waals surface area contributed by atoms with Crippen LogP contribution in [0.25, 0.3) is 0 Å². The average Bonchev–Trinajstić information content (AvgIpc) is 2.82. The van der Waals surface area contributed by atoms with Crippen molar-refractivity contribution >= 4 is 11.9 Å². The van der Waals surface area contributed by atoms with Crippen LogP contribution in [0.3, 0.4) is 0 Å². The smallest absolute Gasteiger partial charge is 0.246 e. The van der Waals surface area contributed by atoms with Gasteiger partial charge < -0.3 is 20.5 Å². The van der Waals surface area contributed by atoms with Gasteiger partial charge in [0.2, 0.25) is 11.9 Å². The van der Waals surface area contributed by atoms with Crippen molar-refractivity contribution in [3.63, 3.8) is 0 Å². The molecule has 3 N–H and O–H groups in total. The van der Waals surface area contributed by atoms with E-state index in [4.69, 9.17) is 10.5 Å². The summed E-state index contributed by atoms with van der Waals surface area (Å²) in [7, 11) is 0. The highest BCUT2D eigenvalue weighted by Gasteiger charge is 2.28. The van der Waals surface area contributed by atoms with E-state index < -0.39 is 0 Å². The van der Waals surface area contributed by atoms with E-state index in [0.717, 1.165) is 38.8 Å². The molecule has 7 heteroatoms. The molecule has 2 heterocycles. The minimum Gasteiger partial charge on any atom is -0.391 e. The van der Waals surface area contributed by atoms with Gasteiger partial charge in [0, 0.05) is 13.1 Å². The summed E-state index contributed by atoms with van der Waals surface area (Å²) in [5, 5.41) is 14.6. The van der Waals surface area contributed by atoms with Crippen molar-refractivity contribution < 1.29 is 9.84 Å². The van der Waals surface area contributed by atoms with Crippen LogP contribution in [-0.4, -0.2) is 52.3 Å². The Morgan fingerprint density at radius 1 is 1.21 bits per heavy atom. The lowest BCUT2D eigenvalue weighted by Crippen LogP contribution is -2.37. The predicted molar refractivity (Wildman–Crippen MR) is 71.0 cm³/mol. The molecular weight excluding hydrogens is 246 g/mol. The molecule has 106 valence electrons. The molecule has 2 atom stereocenters. The van der Waals surface area contributed by atoms with Crippen LogP contribution in [0, 0.1) is 0 Å². The van der Waals surface area contributed by atoms with E-state index in [2.05, 4.69) is 15.0 Å². The van der Waals surface area contributed by atoms with Gasteiger partial charge in [0.15, 0.2) is 0 Å². The summed E-state index contributed by atoms with van der Waals surface area (Å²) in [4.78, 5) is 6.41. The molecule has 1 aromatic heterocycles. The average molecular weight is 267 g/mol. The molecule has 1 aliphatic carbocycles. The van der Waals surface area contributed by atoms with Crippen molar-refractivity contribution in [3.05, 3.63) is 0 Å². The molecule has 0 aromatic carbocycles. The minimum absolute atomic E-state index is 0.0314. The van der Waals surface area contributed by atoms with Gasteiger partial charge in [0.05, 0.1) is 25.4 Å². The van der Waals surface area contributed by atoms with E-state index in [1.54, 1.807) is 4.68 Å². The molecule has 2 unspecified atom stereocenters. The second-order valence-electron chi connectivity index (χ2n) is 5.23. The van der Waals surface area contributed by atoms with Crippen LogP contribution in [0.2, 0.25) is 0 Å². The summed E-state index contributed by atoms with van der Waals surface area (Å²) < 4.78 is 7.02. The third kappa shape index (κ3) is 2.52. The molecule has 0 radical (unpaired) electrons. The molecule has 3 rings (SSSR count). The lowest BCUT2D eigenvalue weighted by Gasteiger charge is -2.28. The van der Waals surface area contributed by atoms with Crippen LogP contribution in [0.5, 0.6) is 0 Å². The van der Waals surface area contributed by atoms with Crippen molar-refractivity contribution in [2.45, 2.75) is 37.8 Å². The van der Waals surface area contributed by atoms with Crippen LogP contribution in [0.15, 0.2) is 0 Å². The van der Waals surface area contributed by atoms with Gasteiger partial charge in [-0.15, -0.1) is 5.10 Å². The van der Waals surface area contributed by atoms with Gasteiger partial charge in [-0.05, 0) is 12.8 Å². The van der Waals surface area contributed by atoms with Crippen LogP contribution < -0.4 is 10.6 Å². The number of aliphatic hydroxyl groups excluding tert-OH is 1. The number of anilines is 2. The van der Waals surface area contributed by atoms with Crippen LogP contribution in [0.4, 0.5) is 11.9 Å². The van der Waals surface area contributed by atoms with Gasteiger partial charge in [-0.25, -0.2) is 4.68 Å². The Morgan fingerprint density at radius 3 is 2.68 bits per heavy atom. The van der Waals surface area contributed by atoms with Gasteiger partial charge in [-0.2, -0.15) is 4.98 Å². The topological polar surface area (TPSA) is 89.4 Å². The Morgan fingerprint density at radius 2 is 1.95 bits per heavy atom. The summed E-state index contributed by atoms with van der Waals surface area (Å²) in [5.41, 5.74) is 5.96. The van der Waals surface area contributed by atoms with E-state index in [1.165, 1.54) is 0 Å². The van der Waals surface area contributed by atoms with Crippen molar-refractivity contribution in [2.24, 2.45) is 0 Å². The monoisotopic (exact) mass is 267 g/mol. The standard InChI is InChI=1S/C12H21N5O2/c13-11-14-12(16-5-7-19-8-6-16)15-17(11)9-3-1-2-4-10(9)18/h9-10,18H,1-8H2,(H2,13,14,15). The number of nitrogens with zero attached hydrogens (tertiary/aromatic N) is 4. The molecule has 1 aromatic rings. The molecule has 0 spiro atoms. The lowest BCUT2D eigenvalue weighted by atomic mass is 9.93. The Balaban J connectivity index is 1.80. The number of aliphatic hydroxyl groups is 1. The third-order valence-corrected chi connectivity index (χ3v) is 3.95. The Kier molecular flexibility index (Phi) is 3.56. The molecule has 2 fully saturated rings. The van der Waals surface area contributed by atoms with Gasteiger partial charge >= 0.3 is 0 Å². The number of nitrogen functional groups attached to an aromatic ring is 1. The van der Waals surface area contributed by atoms with E-state index >= 15 is 0 Å². The largest absolute Gasteiger partial charge is 0.391 e. The molecular formula is C12H21N5O2. The first kappa shape index (κ1) is 12.7. The Bertz CT molecular complexity index is 430. The number of aromatic nitrogens is 3. The van der Waals surface area contributed by atoms with Gasteiger partial charge in [-0.1, -0.05) is 12.8 Å². The van der Waals surface area contributed by atoms with Gasteiger partial charge in [0.25, 0.3) is 0 Å². The summed E-state index contributed by atoms with van der Waals surface area (Å²) in [6.45, 7) is 2.97. The second-order valence-corrected chi connectivity index (χ2v) is 5.23. The molecule has 0 amide bonds. The van der Waals surface area contributed by atoms with E-state index in [0.29, 0.717) is 25.1 Å². The summed E-state index contributed by atoms with van der Waals surface area (Å²) >= 11 is 0. The van der Waals surface area contributed by atoms with E-state index in [1.807, 2.05) is 0 Å². The molecule has 7 nitrogen and oxygen atoms in total. The highest BCUT2D eigenvalue weighted by Crippen LogP contribution is 2.30. The lowest BCUT2D eigenvalue weighted by molar-refractivity contribution is 0.0704. The van der Waals surface area contributed by atoms with Crippen molar-refractivity contribution in [1.29, 1.82) is 0 Å². The van der Waals surface area contributed by atoms with Crippen molar-refractivity contribution in [1.82, 2.24) is 14.8 Å². The van der Waals surface area contributed by atoms with Crippen molar-refractivity contribution in [3.8, 4) is 0 Å². The first-order valence-electron chi connectivity index (χ1n) is 6.98.